The van der Waals surface area contributed by atoms with Crippen LogP contribution in [0.15, 0.2) is 103 Å². The number of aliphatic hydroxyl groups excluding tert-OH is 1. The monoisotopic (exact) mass is 535 g/mol. The average molecular weight is 536 g/mol. The molecule has 0 spiro atoms. The Morgan fingerprint density at radius 2 is 1.45 bits per heavy atom. The van der Waals surface area contributed by atoms with Crippen LogP contribution in [0.1, 0.15) is 37.9 Å². The Morgan fingerprint density at radius 3 is 2.08 bits per heavy atom. The standard InChI is InChI=1S/C30H24ClF2NO4/c31-25-8-4-5-9-26(25)38-24-16-14-23(15-17-24)30(37)34(19-27(32)33)18-20-10-12-22(13-11-20)29(36)28(35)21-6-2-1-3-7-21/h1-17,27,29,36H,18-19H2. The van der Waals surface area contributed by atoms with Gasteiger partial charge in [0.25, 0.3) is 12.3 Å². The summed E-state index contributed by atoms with van der Waals surface area (Å²) >= 11 is 6.11. The van der Waals surface area contributed by atoms with Gasteiger partial charge in [0.05, 0.1) is 11.6 Å². The van der Waals surface area contributed by atoms with Gasteiger partial charge in [0, 0.05) is 17.7 Å². The molecule has 4 aromatic rings. The summed E-state index contributed by atoms with van der Waals surface area (Å²) in [5, 5.41) is 10.9. The van der Waals surface area contributed by atoms with Gasteiger partial charge in [-0.05, 0) is 47.5 Å². The molecule has 0 bridgehead atoms. The largest absolute Gasteiger partial charge is 0.456 e. The van der Waals surface area contributed by atoms with Crippen molar-refractivity contribution in [1.82, 2.24) is 4.90 Å². The van der Waals surface area contributed by atoms with Gasteiger partial charge < -0.3 is 14.7 Å². The number of hydrogen-bond acceptors (Lipinski definition) is 4. The number of benzene rings is 4. The van der Waals surface area contributed by atoms with E-state index >= 15 is 0 Å². The Bertz CT molecular complexity index is 1380. The van der Waals surface area contributed by atoms with Crippen molar-refractivity contribution in [3.05, 3.63) is 130 Å². The van der Waals surface area contributed by atoms with E-state index in [4.69, 9.17) is 16.3 Å². The van der Waals surface area contributed by atoms with E-state index < -0.39 is 30.8 Å². The van der Waals surface area contributed by atoms with Gasteiger partial charge in [-0.3, -0.25) is 9.59 Å². The zero-order valence-electron chi connectivity index (χ0n) is 20.1. The Balaban J connectivity index is 1.45. The van der Waals surface area contributed by atoms with Crippen molar-refractivity contribution < 1.29 is 28.2 Å². The number of rotatable bonds is 10. The predicted molar refractivity (Wildman–Crippen MR) is 141 cm³/mol. The summed E-state index contributed by atoms with van der Waals surface area (Å²) in [5.74, 6) is -0.131. The van der Waals surface area contributed by atoms with Gasteiger partial charge in [-0.25, -0.2) is 8.78 Å². The van der Waals surface area contributed by atoms with E-state index in [9.17, 15) is 23.5 Å². The van der Waals surface area contributed by atoms with Crippen molar-refractivity contribution in [2.45, 2.75) is 19.1 Å². The van der Waals surface area contributed by atoms with E-state index in [1.807, 2.05) is 0 Å². The fourth-order valence-electron chi connectivity index (χ4n) is 3.83. The maximum absolute atomic E-state index is 13.3. The first kappa shape index (κ1) is 27.0. The van der Waals surface area contributed by atoms with Crippen LogP contribution < -0.4 is 4.74 Å². The van der Waals surface area contributed by atoms with E-state index in [0.29, 0.717) is 33.2 Å². The first-order valence-electron chi connectivity index (χ1n) is 11.8. The highest BCUT2D eigenvalue weighted by atomic mass is 35.5. The normalized spacial score (nSPS) is 11.7. The lowest BCUT2D eigenvalue weighted by atomic mass is 9.99. The minimum absolute atomic E-state index is 0.0793. The predicted octanol–water partition coefficient (Wildman–Crippen LogP) is 6.96. The molecule has 0 aliphatic carbocycles. The van der Waals surface area contributed by atoms with Gasteiger partial charge in [-0.2, -0.15) is 0 Å². The third-order valence-electron chi connectivity index (χ3n) is 5.79. The summed E-state index contributed by atoms with van der Waals surface area (Å²) < 4.78 is 32.4. The number of hydrogen-bond donors (Lipinski definition) is 1. The average Bonchev–Trinajstić information content (AvgIpc) is 2.94. The van der Waals surface area contributed by atoms with Gasteiger partial charge in [0.1, 0.15) is 17.6 Å². The summed E-state index contributed by atoms with van der Waals surface area (Å²) in [5.41, 5.74) is 1.53. The van der Waals surface area contributed by atoms with E-state index in [0.717, 1.165) is 4.90 Å². The van der Waals surface area contributed by atoms with Crippen LogP contribution in [0, 0.1) is 0 Å². The van der Waals surface area contributed by atoms with Crippen molar-refractivity contribution >= 4 is 23.3 Å². The van der Waals surface area contributed by atoms with Crippen molar-refractivity contribution in [2.75, 3.05) is 6.54 Å². The Labute approximate surface area is 223 Å². The third kappa shape index (κ3) is 6.82. The molecular weight excluding hydrogens is 512 g/mol. The number of halogens is 3. The fourth-order valence-corrected chi connectivity index (χ4v) is 4.00. The highest BCUT2D eigenvalue weighted by Gasteiger charge is 2.22. The molecule has 4 aromatic carbocycles. The lowest BCUT2D eigenvalue weighted by molar-refractivity contribution is 0.0535. The number of nitrogens with zero attached hydrogens (tertiary/aromatic N) is 1. The summed E-state index contributed by atoms with van der Waals surface area (Å²) in [6.45, 7) is -0.836. The molecule has 5 nitrogen and oxygen atoms in total. The lowest BCUT2D eigenvalue weighted by Crippen LogP contribution is -2.34. The third-order valence-corrected chi connectivity index (χ3v) is 6.10. The quantitative estimate of drug-likeness (QED) is 0.223. The van der Waals surface area contributed by atoms with E-state index in [-0.39, 0.29) is 12.1 Å². The summed E-state index contributed by atoms with van der Waals surface area (Å²) in [6, 6.07) is 27.8. The second kappa shape index (κ2) is 12.4. The number of aliphatic hydroxyl groups is 1. The zero-order chi connectivity index (χ0) is 27.1. The molecule has 8 heteroatoms. The molecule has 0 aliphatic rings. The minimum atomic E-state index is -2.73. The molecule has 1 atom stereocenters. The molecular formula is C30H24ClF2NO4. The first-order valence-corrected chi connectivity index (χ1v) is 12.2. The summed E-state index contributed by atoms with van der Waals surface area (Å²) in [4.78, 5) is 26.6. The number of para-hydroxylation sites is 1. The maximum Gasteiger partial charge on any atom is 0.255 e. The SMILES string of the molecule is O=C(c1ccccc1)C(O)c1ccc(CN(CC(F)F)C(=O)c2ccc(Oc3ccccc3Cl)cc2)cc1. The Morgan fingerprint density at radius 1 is 0.816 bits per heavy atom. The van der Waals surface area contributed by atoms with Gasteiger partial charge in [0.15, 0.2) is 5.78 Å². The molecule has 1 amide bonds. The van der Waals surface area contributed by atoms with Gasteiger partial charge >= 0.3 is 0 Å². The van der Waals surface area contributed by atoms with Crippen molar-refractivity contribution in [1.29, 1.82) is 0 Å². The summed E-state index contributed by atoms with van der Waals surface area (Å²) in [6.07, 6.45) is -4.09. The van der Waals surface area contributed by atoms with Gasteiger partial charge in [-0.1, -0.05) is 78.3 Å². The number of Topliss-reactive ketones (excluding diaryl/α,β-unsaturated/α-hetero) is 1. The van der Waals surface area contributed by atoms with Crippen LogP contribution in [-0.4, -0.2) is 34.7 Å². The highest BCUT2D eigenvalue weighted by molar-refractivity contribution is 6.32. The van der Waals surface area contributed by atoms with Crippen molar-refractivity contribution in [3.63, 3.8) is 0 Å². The fraction of sp³-hybridized carbons (Fsp3) is 0.133. The molecule has 38 heavy (non-hydrogen) atoms. The smallest absolute Gasteiger partial charge is 0.255 e. The minimum Gasteiger partial charge on any atom is -0.456 e. The molecule has 1 unspecified atom stereocenters. The number of carbonyl (C=O) groups is 2. The molecule has 4 rings (SSSR count). The Kier molecular flexibility index (Phi) is 8.84. The van der Waals surface area contributed by atoms with Crippen molar-refractivity contribution in [3.8, 4) is 11.5 Å². The number of amides is 1. The zero-order valence-corrected chi connectivity index (χ0v) is 20.9. The molecule has 0 aromatic heterocycles. The van der Waals surface area contributed by atoms with E-state index in [1.165, 1.54) is 12.1 Å². The van der Waals surface area contributed by atoms with Gasteiger partial charge in [-0.15, -0.1) is 0 Å². The number of carbonyl (C=O) groups excluding carboxylic acids is 2. The van der Waals surface area contributed by atoms with Crippen LogP contribution >= 0.6 is 11.6 Å². The van der Waals surface area contributed by atoms with Crippen LogP contribution in [0.25, 0.3) is 0 Å². The number of ketones is 1. The molecule has 0 radical (unpaired) electrons. The Hall–Kier alpha value is -4.07. The molecule has 194 valence electrons. The van der Waals surface area contributed by atoms with Crippen LogP contribution in [0.3, 0.4) is 0 Å². The topological polar surface area (TPSA) is 66.8 Å². The number of ether oxygens (including phenoxy) is 1. The van der Waals surface area contributed by atoms with E-state index in [2.05, 4.69) is 0 Å². The van der Waals surface area contributed by atoms with Crippen LogP contribution in [0.4, 0.5) is 8.78 Å². The molecule has 0 fully saturated rings. The van der Waals surface area contributed by atoms with Crippen LogP contribution in [0.2, 0.25) is 5.02 Å². The molecule has 0 aliphatic heterocycles. The second-order valence-electron chi connectivity index (χ2n) is 8.51. The van der Waals surface area contributed by atoms with Crippen LogP contribution in [-0.2, 0) is 6.54 Å². The second-order valence-corrected chi connectivity index (χ2v) is 8.92. The van der Waals surface area contributed by atoms with E-state index in [1.54, 1.807) is 91.0 Å². The summed E-state index contributed by atoms with van der Waals surface area (Å²) in [7, 11) is 0. The molecule has 0 heterocycles. The van der Waals surface area contributed by atoms with Crippen LogP contribution in [0.5, 0.6) is 11.5 Å². The molecule has 0 saturated heterocycles. The number of alkyl halides is 2. The van der Waals surface area contributed by atoms with Gasteiger partial charge in [0.2, 0.25) is 0 Å². The van der Waals surface area contributed by atoms with Crippen molar-refractivity contribution in [2.24, 2.45) is 0 Å². The highest BCUT2D eigenvalue weighted by Crippen LogP contribution is 2.29. The molecule has 1 N–H and O–H groups in total. The molecule has 0 saturated carbocycles. The maximum atomic E-state index is 13.3. The lowest BCUT2D eigenvalue weighted by Gasteiger charge is -2.23. The first-order chi connectivity index (χ1) is 18.3.